The van der Waals surface area contributed by atoms with E-state index in [4.69, 9.17) is 11.6 Å². The van der Waals surface area contributed by atoms with Gasteiger partial charge in [-0.05, 0) is 47.9 Å². The molecule has 0 radical (unpaired) electrons. The van der Waals surface area contributed by atoms with Crippen LogP contribution in [0.25, 0.3) is 11.1 Å². The molecule has 1 aromatic heterocycles. The third kappa shape index (κ3) is 3.48. The van der Waals surface area contributed by atoms with Gasteiger partial charge in [0.2, 0.25) is 10.0 Å². The predicted octanol–water partition coefficient (Wildman–Crippen LogP) is 3.30. The number of sulfonamides is 1. The van der Waals surface area contributed by atoms with E-state index in [1.165, 1.54) is 10.6 Å². The van der Waals surface area contributed by atoms with E-state index in [1.54, 1.807) is 36.5 Å². The highest BCUT2D eigenvalue weighted by atomic mass is 35.5. The Morgan fingerprint density at radius 1 is 1.25 bits per heavy atom. The van der Waals surface area contributed by atoms with Crippen LogP contribution in [0.3, 0.4) is 0 Å². The number of hydrogen-bond donors (Lipinski definition) is 2. The number of benzene rings is 2. The maximum absolute atomic E-state index is 12.7. The Morgan fingerprint density at radius 2 is 2.07 bits per heavy atom. The number of anilines is 2. The lowest BCUT2D eigenvalue weighted by molar-refractivity contribution is 0.102. The maximum atomic E-state index is 12.7. The SMILES string of the molecule is CS(=O)(=O)N1CCc2cc(C(=O)Nc3[nH]ncc3-c3cccc(Cl)c3)ccc21. The van der Waals surface area contributed by atoms with Crippen LogP contribution in [0.15, 0.2) is 48.7 Å². The molecule has 2 aromatic carbocycles. The van der Waals surface area contributed by atoms with Crippen molar-refractivity contribution in [3.63, 3.8) is 0 Å². The number of carbonyl (C=O) groups excluding carboxylic acids is 1. The minimum Gasteiger partial charge on any atom is -0.306 e. The van der Waals surface area contributed by atoms with Gasteiger partial charge in [-0.3, -0.25) is 14.2 Å². The Labute approximate surface area is 167 Å². The number of H-pyrrole nitrogens is 1. The molecule has 3 aromatic rings. The number of nitrogens with zero attached hydrogens (tertiary/aromatic N) is 2. The Kier molecular flexibility index (Phi) is 4.60. The predicted molar refractivity (Wildman–Crippen MR) is 109 cm³/mol. The minimum absolute atomic E-state index is 0.312. The highest BCUT2D eigenvalue weighted by Gasteiger charge is 2.27. The largest absolute Gasteiger partial charge is 0.306 e. The molecule has 144 valence electrons. The molecule has 0 unspecified atom stereocenters. The van der Waals surface area contributed by atoms with Crippen LogP contribution in [0.2, 0.25) is 5.02 Å². The first-order chi connectivity index (χ1) is 13.3. The zero-order chi connectivity index (χ0) is 19.9. The fourth-order valence-corrected chi connectivity index (χ4v) is 4.45. The van der Waals surface area contributed by atoms with Crippen molar-refractivity contribution in [2.45, 2.75) is 6.42 Å². The molecular weight excluding hydrogens is 400 g/mol. The second kappa shape index (κ2) is 6.96. The van der Waals surface area contributed by atoms with Crippen molar-refractivity contribution in [1.29, 1.82) is 0 Å². The van der Waals surface area contributed by atoms with Gasteiger partial charge in [0.15, 0.2) is 0 Å². The van der Waals surface area contributed by atoms with Crippen LogP contribution >= 0.6 is 11.6 Å². The average molecular weight is 417 g/mol. The van der Waals surface area contributed by atoms with Crippen molar-refractivity contribution >= 4 is 39.0 Å². The van der Waals surface area contributed by atoms with Gasteiger partial charge in [-0.25, -0.2) is 8.42 Å². The Hall–Kier alpha value is -2.84. The molecule has 1 amide bonds. The summed E-state index contributed by atoms with van der Waals surface area (Å²) >= 11 is 6.05. The Balaban J connectivity index is 1.59. The van der Waals surface area contributed by atoms with E-state index in [2.05, 4.69) is 15.5 Å². The van der Waals surface area contributed by atoms with Gasteiger partial charge in [0.1, 0.15) is 5.82 Å². The van der Waals surface area contributed by atoms with Crippen molar-refractivity contribution < 1.29 is 13.2 Å². The molecule has 0 aliphatic carbocycles. The van der Waals surface area contributed by atoms with E-state index in [9.17, 15) is 13.2 Å². The van der Waals surface area contributed by atoms with Crippen LogP contribution < -0.4 is 9.62 Å². The summed E-state index contributed by atoms with van der Waals surface area (Å²) in [5.74, 6) is 0.152. The quantitative estimate of drug-likeness (QED) is 0.682. The molecule has 0 bridgehead atoms. The molecular formula is C19H17ClN4O3S. The molecule has 4 rings (SSSR count). The van der Waals surface area contributed by atoms with Crippen LogP contribution in [0.5, 0.6) is 0 Å². The normalized spacial score (nSPS) is 13.4. The molecule has 1 aliphatic rings. The first-order valence-electron chi connectivity index (χ1n) is 8.54. The third-order valence-electron chi connectivity index (χ3n) is 4.61. The van der Waals surface area contributed by atoms with Gasteiger partial charge in [-0.15, -0.1) is 0 Å². The standard InChI is InChI=1S/C19H17ClN4O3S/c1-28(26,27)24-8-7-13-9-14(5-6-17(13)24)19(25)22-18-16(11-21-23-18)12-3-2-4-15(20)10-12/h2-6,9-11H,7-8H2,1H3,(H2,21,22,23,25). The van der Waals surface area contributed by atoms with Gasteiger partial charge in [0, 0.05) is 22.7 Å². The molecule has 2 heterocycles. The number of fused-ring (bicyclic) bond motifs is 1. The van der Waals surface area contributed by atoms with E-state index < -0.39 is 10.0 Å². The zero-order valence-corrected chi connectivity index (χ0v) is 16.5. The number of aromatic nitrogens is 2. The summed E-state index contributed by atoms with van der Waals surface area (Å²) < 4.78 is 25.1. The lowest BCUT2D eigenvalue weighted by Crippen LogP contribution is -2.27. The highest BCUT2D eigenvalue weighted by Crippen LogP contribution is 2.32. The summed E-state index contributed by atoms with van der Waals surface area (Å²) in [4.78, 5) is 12.7. The van der Waals surface area contributed by atoms with Gasteiger partial charge in [0.25, 0.3) is 5.91 Å². The molecule has 0 atom stereocenters. The zero-order valence-electron chi connectivity index (χ0n) is 14.9. The van der Waals surface area contributed by atoms with Crippen LogP contribution in [0, 0.1) is 0 Å². The molecule has 28 heavy (non-hydrogen) atoms. The van der Waals surface area contributed by atoms with Crippen molar-refractivity contribution in [2.24, 2.45) is 0 Å². The fraction of sp³-hybridized carbons (Fsp3) is 0.158. The van der Waals surface area contributed by atoms with Crippen molar-refractivity contribution in [2.75, 3.05) is 22.4 Å². The molecule has 7 nitrogen and oxygen atoms in total. The molecule has 0 spiro atoms. The monoisotopic (exact) mass is 416 g/mol. The number of nitrogens with one attached hydrogen (secondary N) is 2. The molecule has 9 heteroatoms. The summed E-state index contributed by atoms with van der Waals surface area (Å²) in [6.45, 7) is 0.388. The summed E-state index contributed by atoms with van der Waals surface area (Å²) in [5, 5.41) is 10.2. The number of hydrogen-bond acceptors (Lipinski definition) is 4. The number of rotatable bonds is 4. The lowest BCUT2D eigenvalue weighted by Gasteiger charge is -2.16. The van der Waals surface area contributed by atoms with E-state index >= 15 is 0 Å². The van der Waals surface area contributed by atoms with Crippen LogP contribution in [-0.2, 0) is 16.4 Å². The van der Waals surface area contributed by atoms with E-state index in [1.807, 2.05) is 12.1 Å². The number of halogens is 1. The second-order valence-electron chi connectivity index (χ2n) is 6.55. The Morgan fingerprint density at radius 3 is 2.82 bits per heavy atom. The van der Waals surface area contributed by atoms with Crippen molar-refractivity contribution in [3.8, 4) is 11.1 Å². The molecule has 0 fully saturated rings. The minimum atomic E-state index is -3.32. The molecule has 0 saturated heterocycles. The summed E-state index contributed by atoms with van der Waals surface area (Å²) in [7, 11) is -3.32. The first-order valence-corrected chi connectivity index (χ1v) is 10.8. The van der Waals surface area contributed by atoms with Crippen LogP contribution in [0.4, 0.5) is 11.5 Å². The summed E-state index contributed by atoms with van der Waals surface area (Å²) in [6, 6.07) is 12.3. The van der Waals surface area contributed by atoms with Gasteiger partial charge < -0.3 is 5.32 Å². The number of amides is 1. The third-order valence-corrected chi connectivity index (χ3v) is 6.02. The second-order valence-corrected chi connectivity index (χ2v) is 8.90. The highest BCUT2D eigenvalue weighted by molar-refractivity contribution is 7.92. The summed E-state index contributed by atoms with van der Waals surface area (Å²) in [5.41, 5.74) is 3.45. The van der Waals surface area contributed by atoms with E-state index in [-0.39, 0.29) is 5.91 Å². The van der Waals surface area contributed by atoms with E-state index in [0.717, 1.165) is 16.7 Å². The van der Waals surface area contributed by atoms with Gasteiger partial charge in [0.05, 0.1) is 18.1 Å². The molecule has 1 aliphatic heterocycles. The average Bonchev–Trinajstić information content (AvgIpc) is 3.27. The maximum Gasteiger partial charge on any atom is 0.256 e. The summed E-state index contributed by atoms with van der Waals surface area (Å²) in [6.07, 6.45) is 3.37. The van der Waals surface area contributed by atoms with Crippen LogP contribution in [-0.4, -0.2) is 37.3 Å². The number of carbonyl (C=O) groups is 1. The van der Waals surface area contributed by atoms with Gasteiger partial charge >= 0.3 is 0 Å². The Bertz CT molecular complexity index is 1170. The van der Waals surface area contributed by atoms with E-state index in [0.29, 0.717) is 35.1 Å². The van der Waals surface area contributed by atoms with Crippen molar-refractivity contribution in [3.05, 3.63) is 64.8 Å². The molecule has 0 saturated carbocycles. The van der Waals surface area contributed by atoms with Gasteiger partial charge in [-0.1, -0.05) is 23.7 Å². The molecule has 2 N–H and O–H groups in total. The lowest BCUT2D eigenvalue weighted by atomic mass is 10.1. The van der Waals surface area contributed by atoms with Gasteiger partial charge in [-0.2, -0.15) is 5.10 Å². The van der Waals surface area contributed by atoms with Crippen molar-refractivity contribution in [1.82, 2.24) is 10.2 Å². The van der Waals surface area contributed by atoms with Crippen LogP contribution in [0.1, 0.15) is 15.9 Å². The smallest absolute Gasteiger partial charge is 0.256 e. The topological polar surface area (TPSA) is 95.2 Å². The first kappa shape index (κ1) is 18.5. The fourth-order valence-electron chi connectivity index (χ4n) is 3.30. The number of aromatic amines is 1.